The van der Waals surface area contributed by atoms with Crippen molar-refractivity contribution in [3.63, 3.8) is 0 Å². The maximum atomic E-state index is 12.4. The van der Waals surface area contributed by atoms with Crippen LogP contribution in [0.4, 0.5) is 13.2 Å². The summed E-state index contributed by atoms with van der Waals surface area (Å²) >= 11 is 0. The van der Waals surface area contributed by atoms with Crippen LogP contribution in [0, 0.1) is 0 Å². The van der Waals surface area contributed by atoms with E-state index in [1.807, 2.05) is 29.7 Å². The van der Waals surface area contributed by atoms with Gasteiger partial charge in [0.25, 0.3) is 0 Å². The lowest BCUT2D eigenvalue weighted by molar-refractivity contribution is -0.274. The van der Waals surface area contributed by atoms with Gasteiger partial charge in [0.1, 0.15) is 11.6 Å². The standard InChI is InChI=1S/C23H25F3N4O3/c1-2-32-12-11-30-19-13-16(15-3-6-17(7-4-15)33-23(24,25)26)5-8-18(19)29-20(30)14-28-22(9-10-22)21(27)31/h3-8,13,28H,2,9-12,14H2,1H3,(H2,27,31). The summed E-state index contributed by atoms with van der Waals surface area (Å²) in [5.74, 6) is 0.119. The van der Waals surface area contributed by atoms with Gasteiger partial charge in [-0.2, -0.15) is 0 Å². The van der Waals surface area contributed by atoms with E-state index < -0.39 is 11.9 Å². The van der Waals surface area contributed by atoms with E-state index in [0.29, 0.717) is 39.1 Å². The number of aromatic nitrogens is 2. The zero-order valence-corrected chi connectivity index (χ0v) is 18.1. The van der Waals surface area contributed by atoms with Gasteiger partial charge in [-0.3, -0.25) is 10.1 Å². The van der Waals surface area contributed by atoms with Crippen molar-refractivity contribution in [3.8, 4) is 16.9 Å². The molecule has 3 aromatic rings. The topological polar surface area (TPSA) is 91.4 Å². The Balaban J connectivity index is 1.62. The average Bonchev–Trinajstić information content (AvgIpc) is 3.49. The monoisotopic (exact) mass is 462 g/mol. The van der Waals surface area contributed by atoms with Gasteiger partial charge in [-0.15, -0.1) is 13.2 Å². The second-order valence-corrected chi connectivity index (χ2v) is 7.95. The van der Waals surface area contributed by atoms with Crippen molar-refractivity contribution >= 4 is 16.9 Å². The quantitative estimate of drug-likeness (QED) is 0.448. The highest BCUT2D eigenvalue weighted by Gasteiger charge is 2.48. The van der Waals surface area contributed by atoms with Gasteiger partial charge >= 0.3 is 6.36 Å². The summed E-state index contributed by atoms with van der Waals surface area (Å²) in [6, 6.07) is 11.4. The summed E-state index contributed by atoms with van der Waals surface area (Å²) in [6.07, 6.45) is -3.31. The van der Waals surface area contributed by atoms with Crippen LogP contribution in [0.25, 0.3) is 22.2 Å². The molecule has 1 amide bonds. The van der Waals surface area contributed by atoms with Crippen LogP contribution in [0.2, 0.25) is 0 Å². The van der Waals surface area contributed by atoms with E-state index >= 15 is 0 Å². The average molecular weight is 462 g/mol. The Morgan fingerprint density at radius 1 is 1.18 bits per heavy atom. The highest BCUT2D eigenvalue weighted by molar-refractivity contribution is 5.87. The molecular formula is C23H25F3N4O3. The van der Waals surface area contributed by atoms with E-state index in [4.69, 9.17) is 15.5 Å². The minimum absolute atomic E-state index is 0.272. The molecule has 4 rings (SSSR count). The van der Waals surface area contributed by atoms with Gasteiger partial charge in [-0.1, -0.05) is 18.2 Å². The Hall–Kier alpha value is -3.11. The summed E-state index contributed by atoms with van der Waals surface area (Å²) in [4.78, 5) is 16.4. The molecule has 33 heavy (non-hydrogen) atoms. The summed E-state index contributed by atoms with van der Waals surface area (Å²) in [7, 11) is 0. The number of rotatable bonds is 10. The highest BCUT2D eigenvalue weighted by atomic mass is 19.4. The molecule has 0 atom stereocenters. The van der Waals surface area contributed by atoms with Crippen molar-refractivity contribution in [2.45, 2.75) is 44.8 Å². The molecule has 2 aromatic carbocycles. The van der Waals surface area contributed by atoms with Gasteiger partial charge < -0.3 is 19.8 Å². The van der Waals surface area contributed by atoms with Crippen LogP contribution < -0.4 is 15.8 Å². The first kappa shape index (κ1) is 23.1. The van der Waals surface area contributed by atoms with E-state index in [2.05, 4.69) is 10.1 Å². The van der Waals surface area contributed by atoms with Crippen LogP contribution in [0.5, 0.6) is 5.75 Å². The fraction of sp³-hybridized carbons (Fsp3) is 0.391. The Morgan fingerprint density at radius 3 is 2.48 bits per heavy atom. The number of nitrogens with two attached hydrogens (primary N) is 1. The Morgan fingerprint density at radius 2 is 1.88 bits per heavy atom. The molecule has 0 aliphatic heterocycles. The SMILES string of the molecule is CCOCCn1c(CNC2(C(N)=O)CC2)nc2ccc(-c3ccc(OC(F)(F)F)cc3)cc21. The molecule has 0 spiro atoms. The van der Waals surface area contributed by atoms with Gasteiger partial charge in [0.15, 0.2) is 0 Å². The normalized spacial score (nSPS) is 15.0. The van der Waals surface area contributed by atoms with Crippen LogP contribution in [0.15, 0.2) is 42.5 Å². The first-order valence-electron chi connectivity index (χ1n) is 10.7. The molecule has 1 aliphatic carbocycles. The molecule has 1 fully saturated rings. The third-order valence-electron chi connectivity index (χ3n) is 5.72. The van der Waals surface area contributed by atoms with E-state index in [9.17, 15) is 18.0 Å². The van der Waals surface area contributed by atoms with Crippen LogP contribution in [-0.2, 0) is 22.6 Å². The highest BCUT2D eigenvalue weighted by Crippen LogP contribution is 2.35. The first-order valence-corrected chi connectivity index (χ1v) is 10.7. The fourth-order valence-electron chi connectivity index (χ4n) is 3.77. The molecule has 1 heterocycles. The molecule has 3 N–H and O–H groups in total. The number of hydrogen-bond donors (Lipinski definition) is 2. The number of ether oxygens (including phenoxy) is 2. The number of hydrogen-bond acceptors (Lipinski definition) is 5. The molecule has 176 valence electrons. The maximum Gasteiger partial charge on any atom is 0.573 e. The molecule has 10 heteroatoms. The molecule has 1 aromatic heterocycles. The Kier molecular flexibility index (Phi) is 6.31. The van der Waals surface area contributed by atoms with Gasteiger partial charge in [0, 0.05) is 13.2 Å². The number of primary amides is 1. The Bertz CT molecular complexity index is 1140. The van der Waals surface area contributed by atoms with Crippen LogP contribution in [0.1, 0.15) is 25.6 Å². The first-order chi connectivity index (χ1) is 15.7. The van der Waals surface area contributed by atoms with Gasteiger partial charge in [-0.05, 0) is 55.2 Å². The van der Waals surface area contributed by atoms with Crippen molar-refractivity contribution in [3.05, 3.63) is 48.3 Å². The number of carbonyl (C=O) groups is 1. The van der Waals surface area contributed by atoms with E-state index in [1.54, 1.807) is 12.1 Å². The summed E-state index contributed by atoms with van der Waals surface area (Å²) in [6.45, 7) is 3.93. The lowest BCUT2D eigenvalue weighted by Crippen LogP contribution is -2.43. The zero-order valence-electron chi connectivity index (χ0n) is 18.1. The van der Waals surface area contributed by atoms with Crippen molar-refractivity contribution in [1.82, 2.24) is 14.9 Å². The fourth-order valence-corrected chi connectivity index (χ4v) is 3.77. The molecule has 0 bridgehead atoms. The van der Waals surface area contributed by atoms with E-state index in [-0.39, 0.29) is 11.7 Å². The minimum atomic E-state index is -4.73. The second kappa shape index (κ2) is 9.03. The number of nitrogens with one attached hydrogen (secondary N) is 1. The number of nitrogens with zero attached hydrogens (tertiary/aromatic N) is 2. The van der Waals surface area contributed by atoms with Crippen molar-refractivity contribution in [1.29, 1.82) is 0 Å². The largest absolute Gasteiger partial charge is 0.573 e. The third kappa shape index (κ3) is 5.28. The smallest absolute Gasteiger partial charge is 0.406 e. The predicted molar refractivity (Wildman–Crippen MR) is 116 cm³/mol. The molecule has 1 aliphatic rings. The van der Waals surface area contributed by atoms with Crippen LogP contribution in [-0.4, -0.2) is 40.6 Å². The summed E-state index contributed by atoms with van der Waals surface area (Å²) in [5.41, 5.74) is 8.07. The molecule has 0 unspecified atom stereocenters. The Labute approximate surface area is 188 Å². The van der Waals surface area contributed by atoms with E-state index in [1.165, 1.54) is 12.1 Å². The number of imidazole rings is 1. The molecule has 1 saturated carbocycles. The number of carbonyl (C=O) groups excluding carboxylic acids is 1. The van der Waals surface area contributed by atoms with Crippen molar-refractivity contribution in [2.24, 2.45) is 5.73 Å². The molecular weight excluding hydrogens is 437 g/mol. The van der Waals surface area contributed by atoms with Crippen LogP contribution in [0.3, 0.4) is 0 Å². The third-order valence-corrected chi connectivity index (χ3v) is 5.72. The number of alkyl halides is 3. The van der Waals surface area contributed by atoms with Gasteiger partial charge in [-0.25, -0.2) is 4.98 Å². The molecule has 0 saturated heterocycles. The predicted octanol–water partition coefficient (Wildman–Crippen LogP) is 3.75. The lowest BCUT2D eigenvalue weighted by atomic mass is 10.0. The zero-order chi connectivity index (χ0) is 23.6. The number of fused-ring (bicyclic) bond motifs is 1. The minimum Gasteiger partial charge on any atom is -0.406 e. The van der Waals surface area contributed by atoms with Crippen molar-refractivity contribution in [2.75, 3.05) is 13.2 Å². The van der Waals surface area contributed by atoms with E-state index in [0.717, 1.165) is 28.0 Å². The van der Waals surface area contributed by atoms with Crippen LogP contribution >= 0.6 is 0 Å². The summed E-state index contributed by atoms with van der Waals surface area (Å²) in [5, 5.41) is 3.24. The lowest BCUT2D eigenvalue weighted by Gasteiger charge is -2.15. The summed E-state index contributed by atoms with van der Waals surface area (Å²) < 4.78 is 48.8. The number of halogens is 3. The van der Waals surface area contributed by atoms with Gasteiger partial charge in [0.05, 0.1) is 29.7 Å². The van der Waals surface area contributed by atoms with Crippen molar-refractivity contribution < 1.29 is 27.4 Å². The molecule has 7 nitrogen and oxygen atoms in total. The number of amides is 1. The molecule has 0 radical (unpaired) electrons. The number of benzene rings is 2. The maximum absolute atomic E-state index is 12.4. The second-order valence-electron chi connectivity index (χ2n) is 7.95. The van der Waals surface area contributed by atoms with Gasteiger partial charge in [0.2, 0.25) is 5.91 Å².